The van der Waals surface area contributed by atoms with Gasteiger partial charge in [0.05, 0.1) is 6.04 Å². The molecule has 0 fully saturated rings. The minimum Gasteiger partial charge on any atom is -0.354 e. The lowest BCUT2D eigenvalue weighted by Gasteiger charge is -2.25. The van der Waals surface area contributed by atoms with Crippen molar-refractivity contribution in [2.45, 2.75) is 18.9 Å². The Morgan fingerprint density at radius 2 is 1.95 bits per heavy atom. The maximum absolute atomic E-state index is 13.8. The van der Waals surface area contributed by atoms with Crippen LogP contribution in [0.2, 0.25) is 0 Å². The SMILES string of the molecule is CN(C)C(CNC(=O)CCCN)c1c(F)cccc1F. The topological polar surface area (TPSA) is 58.4 Å². The highest BCUT2D eigenvalue weighted by Gasteiger charge is 2.22. The summed E-state index contributed by atoms with van der Waals surface area (Å²) in [6, 6.07) is 3.19. The van der Waals surface area contributed by atoms with E-state index in [1.54, 1.807) is 19.0 Å². The minimum atomic E-state index is -0.611. The van der Waals surface area contributed by atoms with Crippen LogP contribution in [0.1, 0.15) is 24.4 Å². The van der Waals surface area contributed by atoms with Crippen LogP contribution in [0.3, 0.4) is 0 Å². The second-order valence-corrected chi connectivity index (χ2v) is 4.81. The van der Waals surface area contributed by atoms with Crippen molar-refractivity contribution in [2.75, 3.05) is 27.2 Å². The van der Waals surface area contributed by atoms with Crippen LogP contribution in [0.4, 0.5) is 8.78 Å². The summed E-state index contributed by atoms with van der Waals surface area (Å²) in [5.41, 5.74) is 5.29. The van der Waals surface area contributed by atoms with Gasteiger partial charge in [-0.2, -0.15) is 0 Å². The van der Waals surface area contributed by atoms with Gasteiger partial charge in [-0.15, -0.1) is 0 Å². The van der Waals surface area contributed by atoms with E-state index in [1.807, 2.05) is 0 Å². The maximum atomic E-state index is 13.8. The van der Waals surface area contributed by atoms with E-state index >= 15 is 0 Å². The summed E-state index contributed by atoms with van der Waals surface area (Å²) in [4.78, 5) is 13.2. The molecule has 0 aliphatic heterocycles. The Morgan fingerprint density at radius 3 is 2.45 bits per heavy atom. The second kappa shape index (κ2) is 7.91. The van der Waals surface area contributed by atoms with Crippen LogP contribution in [0.25, 0.3) is 0 Å². The molecule has 1 aromatic rings. The van der Waals surface area contributed by atoms with E-state index in [-0.39, 0.29) is 18.0 Å². The number of benzene rings is 1. The summed E-state index contributed by atoms with van der Waals surface area (Å²) in [7, 11) is 3.42. The zero-order valence-corrected chi connectivity index (χ0v) is 11.8. The normalized spacial score (nSPS) is 12.5. The highest BCUT2D eigenvalue weighted by atomic mass is 19.1. The molecule has 0 aliphatic carbocycles. The molecule has 0 aliphatic rings. The van der Waals surface area contributed by atoms with Gasteiger partial charge >= 0.3 is 0 Å². The number of hydrogen-bond donors (Lipinski definition) is 2. The fourth-order valence-corrected chi connectivity index (χ4v) is 1.93. The molecular weight excluding hydrogens is 264 g/mol. The van der Waals surface area contributed by atoms with E-state index in [2.05, 4.69) is 5.32 Å². The van der Waals surface area contributed by atoms with Crippen LogP contribution < -0.4 is 11.1 Å². The molecule has 1 amide bonds. The summed E-state index contributed by atoms with van der Waals surface area (Å²) < 4.78 is 27.6. The number of carbonyl (C=O) groups excluding carboxylic acids is 1. The van der Waals surface area contributed by atoms with Crippen LogP contribution in [0, 0.1) is 11.6 Å². The third-order valence-corrected chi connectivity index (χ3v) is 3.06. The highest BCUT2D eigenvalue weighted by molar-refractivity contribution is 5.75. The first kappa shape index (κ1) is 16.5. The van der Waals surface area contributed by atoms with Crippen molar-refractivity contribution in [2.24, 2.45) is 5.73 Å². The van der Waals surface area contributed by atoms with Gasteiger partial charge in [-0.1, -0.05) is 6.07 Å². The molecule has 1 unspecified atom stereocenters. The largest absolute Gasteiger partial charge is 0.354 e. The van der Waals surface area contributed by atoms with E-state index in [1.165, 1.54) is 18.2 Å². The number of nitrogens with one attached hydrogen (secondary N) is 1. The predicted octanol–water partition coefficient (Wildman–Crippen LogP) is 1.42. The number of nitrogens with two attached hydrogens (primary N) is 1. The third kappa shape index (κ3) is 4.54. The van der Waals surface area contributed by atoms with Crippen molar-refractivity contribution in [3.05, 3.63) is 35.4 Å². The molecule has 0 spiro atoms. The fraction of sp³-hybridized carbons (Fsp3) is 0.500. The number of likely N-dealkylation sites (N-methyl/N-ethyl adjacent to an activating group) is 1. The van der Waals surface area contributed by atoms with Gasteiger partial charge in [-0.05, 0) is 39.2 Å². The molecule has 6 heteroatoms. The van der Waals surface area contributed by atoms with E-state index in [4.69, 9.17) is 5.73 Å². The van der Waals surface area contributed by atoms with Gasteiger partial charge in [0.15, 0.2) is 0 Å². The zero-order valence-electron chi connectivity index (χ0n) is 11.8. The molecule has 0 radical (unpaired) electrons. The molecule has 20 heavy (non-hydrogen) atoms. The Bertz CT molecular complexity index is 432. The molecule has 0 bridgehead atoms. The molecule has 1 atom stereocenters. The van der Waals surface area contributed by atoms with E-state index in [0.717, 1.165) is 0 Å². The van der Waals surface area contributed by atoms with Crippen LogP contribution >= 0.6 is 0 Å². The average molecular weight is 285 g/mol. The van der Waals surface area contributed by atoms with Crippen molar-refractivity contribution in [3.63, 3.8) is 0 Å². The molecule has 3 N–H and O–H groups in total. The van der Waals surface area contributed by atoms with Gasteiger partial charge in [0, 0.05) is 18.5 Å². The summed E-state index contributed by atoms with van der Waals surface area (Å²) in [6.45, 7) is 0.584. The monoisotopic (exact) mass is 285 g/mol. The molecule has 0 saturated heterocycles. The lowest BCUT2D eigenvalue weighted by Crippen LogP contribution is -2.35. The Balaban J connectivity index is 2.78. The van der Waals surface area contributed by atoms with E-state index in [0.29, 0.717) is 19.4 Å². The Hall–Kier alpha value is -1.53. The van der Waals surface area contributed by atoms with Gasteiger partial charge in [-0.3, -0.25) is 4.79 Å². The Morgan fingerprint density at radius 1 is 1.35 bits per heavy atom. The van der Waals surface area contributed by atoms with Crippen molar-refractivity contribution in [3.8, 4) is 0 Å². The third-order valence-electron chi connectivity index (χ3n) is 3.06. The van der Waals surface area contributed by atoms with Crippen LogP contribution in [0.15, 0.2) is 18.2 Å². The smallest absolute Gasteiger partial charge is 0.220 e. The summed E-state index contributed by atoms with van der Waals surface area (Å²) in [5, 5.41) is 2.68. The summed E-state index contributed by atoms with van der Waals surface area (Å²) >= 11 is 0. The Labute approximate surface area is 117 Å². The van der Waals surface area contributed by atoms with E-state index < -0.39 is 17.7 Å². The van der Waals surface area contributed by atoms with Gasteiger partial charge in [0.2, 0.25) is 5.91 Å². The standard InChI is InChI=1S/C14H21F2N3O/c1-19(2)12(9-18-13(20)7-4-8-17)14-10(15)5-3-6-11(14)16/h3,5-6,12H,4,7-9,17H2,1-2H3,(H,18,20). The quantitative estimate of drug-likeness (QED) is 0.796. The first-order valence-corrected chi connectivity index (χ1v) is 6.54. The average Bonchev–Trinajstić information content (AvgIpc) is 2.39. The molecule has 0 saturated carbocycles. The van der Waals surface area contributed by atoms with Crippen molar-refractivity contribution < 1.29 is 13.6 Å². The fourth-order valence-electron chi connectivity index (χ4n) is 1.93. The number of rotatable bonds is 7. The van der Waals surface area contributed by atoms with E-state index in [9.17, 15) is 13.6 Å². The van der Waals surface area contributed by atoms with Crippen LogP contribution in [-0.4, -0.2) is 38.0 Å². The minimum absolute atomic E-state index is 0.0309. The maximum Gasteiger partial charge on any atom is 0.220 e. The molecule has 0 aromatic heterocycles. The van der Waals surface area contributed by atoms with Gasteiger partial charge < -0.3 is 16.0 Å². The first-order chi connectivity index (χ1) is 9.47. The van der Waals surface area contributed by atoms with Crippen molar-refractivity contribution in [1.29, 1.82) is 0 Å². The lowest BCUT2D eigenvalue weighted by molar-refractivity contribution is -0.121. The van der Waals surface area contributed by atoms with Crippen LogP contribution in [-0.2, 0) is 4.79 Å². The number of amides is 1. The highest BCUT2D eigenvalue weighted by Crippen LogP contribution is 2.23. The zero-order chi connectivity index (χ0) is 15.1. The molecule has 112 valence electrons. The lowest BCUT2D eigenvalue weighted by atomic mass is 10.0. The summed E-state index contributed by atoms with van der Waals surface area (Å²) in [6.07, 6.45) is 0.906. The number of carbonyl (C=O) groups is 1. The van der Waals surface area contributed by atoms with Gasteiger partial charge in [0.25, 0.3) is 0 Å². The van der Waals surface area contributed by atoms with Crippen LogP contribution in [0.5, 0.6) is 0 Å². The van der Waals surface area contributed by atoms with Gasteiger partial charge in [-0.25, -0.2) is 8.78 Å². The number of hydrogen-bond acceptors (Lipinski definition) is 3. The molecule has 0 heterocycles. The predicted molar refractivity (Wildman–Crippen MR) is 74.1 cm³/mol. The number of halogens is 2. The molecule has 1 rings (SSSR count). The Kier molecular flexibility index (Phi) is 6.54. The van der Waals surface area contributed by atoms with Crippen molar-refractivity contribution in [1.82, 2.24) is 10.2 Å². The second-order valence-electron chi connectivity index (χ2n) is 4.81. The first-order valence-electron chi connectivity index (χ1n) is 6.54. The number of nitrogens with zero attached hydrogens (tertiary/aromatic N) is 1. The van der Waals surface area contributed by atoms with Gasteiger partial charge in [0.1, 0.15) is 11.6 Å². The molecular formula is C14H21F2N3O. The molecule has 1 aromatic carbocycles. The molecule has 4 nitrogen and oxygen atoms in total. The summed E-state index contributed by atoms with van der Waals surface area (Å²) in [5.74, 6) is -1.39. The van der Waals surface area contributed by atoms with Crippen molar-refractivity contribution >= 4 is 5.91 Å².